The van der Waals surface area contributed by atoms with E-state index in [9.17, 15) is 0 Å². The first-order chi connectivity index (χ1) is 9.58. The topological polar surface area (TPSA) is 79.5 Å². The quantitative estimate of drug-likeness (QED) is 0.921. The minimum absolute atomic E-state index is 0.127. The average Bonchev–Trinajstić information content (AvgIpc) is 2.48. The number of hydrogen-bond donors (Lipinski definition) is 1. The van der Waals surface area contributed by atoms with E-state index < -0.39 is 0 Å². The van der Waals surface area contributed by atoms with Gasteiger partial charge in [0.1, 0.15) is 16.0 Å². The number of nitrogens with zero attached hydrogens (tertiary/aromatic N) is 2. The van der Waals surface area contributed by atoms with Crippen LogP contribution in [0.3, 0.4) is 0 Å². The van der Waals surface area contributed by atoms with Gasteiger partial charge in [0.2, 0.25) is 11.8 Å². The van der Waals surface area contributed by atoms with Crippen molar-refractivity contribution in [1.29, 1.82) is 0 Å². The van der Waals surface area contributed by atoms with E-state index in [-0.39, 0.29) is 5.95 Å². The Morgan fingerprint density at radius 3 is 2.05 bits per heavy atom. The van der Waals surface area contributed by atoms with Gasteiger partial charge in [-0.2, -0.15) is 4.98 Å². The molecule has 2 rings (SSSR count). The molecule has 20 heavy (non-hydrogen) atoms. The van der Waals surface area contributed by atoms with Crippen molar-refractivity contribution in [1.82, 2.24) is 9.97 Å². The van der Waals surface area contributed by atoms with Crippen LogP contribution in [0.1, 0.15) is 0 Å². The summed E-state index contributed by atoms with van der Waals surface area (Å²) in [6, 6.07) is 5.43. The molecule has 2 N–H and O–H groups in total. The number of nitrogen functional groups attached to an aromatic ring is 1. The van der Waals surface area contributed by atoms with Crippen LogP contribution in [0.25, 0.3) is 11.3 Å². The van der Waals surface area contributed by atoms with E-state index in [2.05, 4.69) is 25.9 Å². The number of benzene rings is 1. The minimum Gasteiger partial charge on any atom is -0.497 e. The van der Waals surface area contributed by atoms with Crippen LogP contribution in [0, 0.1) is 0 Å². The number of aromatic nitrogens is 2. The van der Waals surface area contributed by atoms with Crippen LogP contribution in [0.5, 0.6) is 17.4 Å². The van der Waals surface area contributed by atoms with Crippen LogP contribution < -0.4 is 19.9 Å². The molecule has 1 heterocycles. The van der Waals surface area contributed by atoms with Gasteiger partial charge >= 0.3 is 0 Å². The van der Waals surface area contributed by atoms with E-state index in [0.717, 1.165) is 5.56 Å². The van der Waals surface area contributed by atoms with Crippen molar-refractivity contribution in [2.45, 2.75) is 0 Å². The van der Waals surface area contributed by atoms with E-state index >= 15 is 0 Å². The molecule has 106 valence electrons. The van der Waals surface area contributed by atoms with Crippen molar-refractivity contribution in [3.05, 3.63) is 22.7 Å². The zero-order chi connectivity index (χ0) is 14.7. The standard InChI is InChI=1S/C13H14BrN3O3/c1-18-8-4-7(5-9(6-8)19-2)11-10(14)12(20-3)17-13(15)16-11/h4-6H,1-3H3,(H2,15,16,17). The smallest absolute Gasteiger partial charge is 0.233 e. The van der Waals surface area contributed by atoms with Crippen molar-refractivity contribution in [2.75, 3.05) is 27.1 Å². The van der Waals surface area contributed by atoms with Crippen molar-refractivity contribution >= 4 is 21.9 Å². The Labute approximate surface area is 125 Å². The second-order valence-electron chi connectivity index (χ2n) is 3.86. The predicted octanol–water partition coefficient (Wildman–Crippen LogP) is 2.51. The SMILES string of the molecule is COc1cc(OC)cc(-c2nc(N)nc(OC)c2Br)c1. The lowest BCUT2D eigenvalue weighted by atomic mass is 10.1. The molecule has 0 spiro atoms. The molecule has 7 heteroatoms. The van der Waals surface area contributed by atoms with Gasteiger partial charge in [-0.3, -0.25) is 0 Å². The van der Waals surface area contributed by atoms with Crippen LogP contribution in [0.2, 0.25) is 0 Å². The Bertz CT molecular complexity index is 612. The molecule has 0 aliphatic carbocycles. The molecular weight excluding hydrogens is 326 g/mol. The fourth-order valence-electron chi connectivity index (χ4n) is 1.71. The van der Waals surface area contributed by atoms with Gasteiger partial charge in [0, 0.05) is 11.6 Å². The Hall–Kier alpha value is -2.02. The summed E-state index contributed by atoms with van der Waals surface area (Å²) in [5.74, 6) is 1.81. The monoisotopic (exact) mass is 339 g/mol. The molecule has 0 amide bonds. The van der Waals surface area contributed by atoms with Gasteiger partial charge in [0.25, 0.3) is 0 Å². The van der Waals surface area contributed by atoms with Gasteiger partial charge < -0.3 is 19.9 Å². The van der Waals surface area contributed by atoms with Gasteiger partial charge in [-0.05, 0) is 28.1 Å². The van der Waals surface area contributed by atoms with E-state index in [4.69, 9.17) is 19.9 Å². The second-order valence-corrected chi connectivity index (χ2v) is 4.65. The molecule has 0 unspecified atom stereocenters. The Morgan fingerprint density at radius 2 is 1.55 bits per heavy atom. The third-order valence-corrected chi connectivity index (χ3v) is 3.37. The van der Waals surface area contributed by atoms with Crippen molar-refractivity contribution < 1.29 is 14.2 Å². The summed E-state index contributed by atoms with van der Waals surface area (Å²) in [7, 11) is 4.69. The van der Waals surface area contributed by atoms with Gasteiger partial charge in [-0.1, -0.05) is 0 Å². The normalized spacial score (nSPS) is 10.2. The first-order valence-corrected chi connectivity index (χ1v) is 6.48. The maximum atomic E-state index is 5.70. The van der Waals surface area contributed by atoms with Crippen molar-refractivity contribution in [3.8, 4) is 28.6 Å². The summed E-state index contributed by atoms with van der Waals surface area (Å²) >= 11 is 3.42. The molecule has 0 saturated carbocycles. The highest BCUT2D eigenvalue weighted by Gasteiger charge is 2.15. The molecule has 2 aromatic rings. The molecule has 1 aromatic carbocycles. The number of anilines is 1. The highest BCUT2D eigenvalue weighted by molar-refractivity contribution is 9.10. The summed E-state index contributed by atoms with van der Waals surface area (Å²) in [5, 5.41) is 0. The molecular formula is C13H14BrN3O3. The van der Waals surface area contributed by atoms with E-state index in [0.29, 0.717) is 27.5 Å². The number of nitrogens with two attached hydrogens (primary N) is 1. The summed E-state index contributed by atoms with van der Waals surface area (Å²) < 4.78 is 16.3. The Kier molecular flexibility index (Phi) is 4.29. The largest absolute Gasteiger partial charge is 0.497 e. The molecule has 0 aliphatic rings. The second kappa shape index (κ2) is 5.96. The number of halogens is 1. The first-order valence-electron chi connectivity index (χ1n) is 5.69. The van der Waals surface area contributed by atoms with E-state index in [1.54, 1.807) is 20.3 Å². The Morgan fingerprint density at radius 1 is 0.950 bits per heavy atom. The fraction of sp³-hybridized carbons (Fsp3) is 0.231. The third-order valence-electron chi connectivity index (χ3n) is 2.66. The minimum atomic E-state index is 0.127. The highest BCUT2D eigenvalue weighted by Crippen LogP contribution is 2.36. The Balaban J connectivity index is 2.64. The average molecular weight is 340 g/mol. The molecule has 0 bridgehead atoms. The van der Waals surface area contributed by atoms with Crippen LogP contribution in [-0.2, 0) is 0 Å². The van der Waals surface area contributed by atoms with Crippen molar-refractivity contribution in [3.63, 3.8) is 0 Å². The summed E-state index contributed by atoms with van der Waals surface area (Å²) in [5.41, 5.74) is 7.08. The van der Waals surface area contributed by atoms with Crippen LogP contribution in [0.15, 0.2) is 22.7 Å². The predicted molar refractivity (Wildman–Crippen MR) is 79.2 cm³/mol. The lowest BCUT2D eigenvalue weighted by molar-refractivity contribution is 0.393. The lowest BCUT2D eigenvalue weighted by Gasteiger charge is -2.11. The zero-order valence-electron chi connectivity index (χ0n) is 11.3. The molecule has 0 atom stereocenters. The van der Waals surface area contributed by atoms with Crippen LogP contribution in [0.4, 0.5) is 5.95 Å². The van der Waals surface area contributed by atoms with Gasteiger partial charge in [0.15, 0.2) is 0 Å². The number of methoxy groups -OCH3 is 3. The maximum Gasteiger partial charge on any atom is 0.233 e. The fourth-order valence-corrected chi connectivity index (χ4v) is 2.28. The van der Waals surface area contributed by atoms with Crippen molar-refractivity contribution in [2.24, 2.45) is 0 Å². The maximum absolute atomic E-state index is 5.70. The molecule has 0 fully saturated rings. The van der Waals surface area contributed by atoms with Gasteiger partial charge in [0.05, 0.1) is 27.0 Å². The molecule has 1 aromatic heterocycles. The highest BCUT2D eigenvalue weighted by atomic mass is 79.9. The summed E-state index contributed by atoms with van der Waals surface area (Å²) in [6.07, 6.45) is 0. The van der Waals surface area contributed by atoms with Gasteiger partial charge in [-0.25, -0.2) is 4.98 Å². The van der Waals surface area contributed by atoms with Crippen LogP contribution in [-0.4, -0.2) is 31.3 Å². The summed E-state index contributed by atoms with van der Waals surface area (Å²) in [6.45, 7) is 0. The number of ether oxygens (including phenoxy) is 3. The first kappa shape index (κ1) is 14.4. The van der Waals surface area contributed by atoms with E-state index in [1.165, 1.54) is 7.11 Å². The number of rotatable bonds is 4. The number of hydrogen-bond acceptors (Lipinski definition) is 6. The molecule has 6 nitrogen and oxygen atoms in total. The lowest BCUT2D eigenvalue weighted by Crippen LogP contribution is -2.01. The summed E-state index contributed by atoms with van der Waals surface area (Å²) in [4.78, 5) is 8.23. The molecule has 0 saturated heterocycles. The van der Waals surface area contributed by atoms with E-state index in [1.807, 2.05) is 12.1 Å². The van der Waals surface area contributed by atoms with Gasteiger partial charge in [-0.15, -0.1) is 0 Å². The molecule has 0 radical (unpaired) electrons. The van der Waals surface area contributed by atoms with Crippen LogP contribution >= 0.6 is 15.9 Å². The molecule has 0 aliphatic heterocycles. The zero-order valence-corrected chi connectivity index (χ0v) is 12.9. The third kappa shape index (κ3) is 2.77.